The van der Waals surface area contributed by atoms with Crippen molar-refractivity contribution >= 4 is 23.3 Å². The van der Waals surface area contributed by atoms with Crippen LogP contribution in [0.4, 0.5) is 5.69 Å². The minimum Gasteiger partial charge on any atom is -0.423 e. The summed E-state index contributed by atoms with van der Waals surface area (Å²) in [4.78, 5) is 22.2. The van der Waals surface area contributed by atoms with E-state index in [1.54, 1.807) is 12.1 Å². The summed E-state index contributed by atoms with van der Waals surface area (Å²) < 4.78 is 5.10. The predicted molar refractivity (Wildman–Crippen MR) is 74.2 cm³/mol. The second kappa shape index (κ2) is 5.71. The van der Waals surface area contributed by atoms with Gasteiger partial charge in [0.15, 0.2) is 0 Å². The average Bonchev–Trinajstić information content (AvgIpc) is 2.43. The minimum atomic E-state index is -0.794. The van der Waals surface area contributed by atoms with Crippen molar-refractivity contribution in [1.82, 2.24) is 0 Å². The molecular formula is C14H10ClNO4. The Morgan fingerprint density at radius 2 is 1.95 bits per heavy atom. The number of nitro groups is 1. The lowest BCUT2D eigenvalue weighted by Gasteiger charge is -2.06. The highest BCUT2D eigenvalue weighted by molar-refractivity contribution is 6.31. The lowest BCUT2D eigenvalue weighted by Crippen LogP contribution is -2.11. The second-order valence-corrected chi connectivity index (χ2v) is 4.48. The first-order valence-corrected chi connectivity index (χ1v) is 6.08. The van der Waals surface area contributed by atoms with Gasteiger partial charge in [-0.05, 0) is 30.7 Å². The van der Waals surface area contributed by atoms with E-state index in [2.05, 4.69) is 0 Å². The van der Waals surface area contributed by atoms with Crippen LogP contribution in [0.25, 0.3) is 0 Å². The number of esters is 1. The maximum atomic E-state index is 12.0. The molecule has 6 heteroatoms. The molecule has 0 heterocycles. The van der Waals surface area contributed by atoms with Gasteiger partial charge in [-0.15, -0.1) is 0 Å². The summed E-state index contributed by atoms with van der Waals surface area (Å²) in [6.07, 6.45) is 0. The van der Waals surface area contributed by atoms with Crippen LogP contribution in [0.5, 0.6) is 5.75 Å². The minimum absolute atomic E-state index is 0.103. The van der Waals surface area contributed by atoms with E-state index >= 15 is 0 Å². The number of carbonyl (C=O) groups is 1. The van der Waals surface area contributed by atoms with Gasteiger partial charge >= 0.3 is 5.97 Å². The first-order chi connectivity index (χ1) is 9.49. The molecule has 0 saturated carbocycles. The van der Waals surface area contributed by atoms with E-state index in [-0.39, 0.29) is 17.0 Å². The van der Waals surface area contributed by atoms with Crippen molar-refractivity contribution < 1.29 is 14.5 Å². The number of para-hydroxylation sites is 1. The molecule has 0 aliphatic rings. The molecule has 0 saturated heterocycles. The van der Waals surface area contributed by atoms with Gasteiger partial charge in [-0.1, -0.05) is 29.8 Å². The summed E-state index contributed by atoms with van der Waals surface area (Å²) in [5, 5.41) is 11.3. The fourth-order valence-electron chi connectivity index (χ4n) is 1.60. The quantitative estimate of drug-likeness (QED) is 0.373. The Hall–Kier alpha value is -2.40. The fourth-order valence-corrected chi connectivity index (χ4v) is 1.78. The molecule has 2 aromatic rings. The average molecular weight is 292 g/mol. The van der Waals surface area contributed by atoms with Crippen molar-refractivity contribution in [2.24, 2.45) is 0 Å². The number of nitrogens with zero attached hydrogens (tertiary/aromatic N) is 1. The topological polar surface area (TPSA) is 69.4 Å². The van der Waals surface area contributed by atoms with Crippen LogP contribution in [0, 0.1) is 17.0 Å². The number of rotatable bonds is 3. The number of ether oxygens (including phenoxy) is 1. The summed E-state index contributed by atoms with van der Waals surface area (Å²) in [7, 11) is 0. The maximum Gasteiger partial charge on any atom is 0.350 e. The van der Waals surface area contributed by atoms with Crippen LogP contribution in [0.15, 0.2) is 42.5 Å². The number of carbonyl (C=O) groups excluding carboxylic acids is 1. The van der Waals surface area contributed by atoms with E-state index in [0.29, 0.717) is 5.02 Å². The van der Waals surface area contributed by atoms with Crippen molar-refractivity contribution in [2.45, 2.75) is 6.92 Å². The predicted octanol–water partition coefficient (Wildman–Crippen LogP) is 3.78. The molecule has 0 spiro atoms. The zero-order chi connectivity index (χ0) is 14.7. The van der Waals surface area contributed by atoms with Crippen LogP contribution in [0.2, 0.25) is 5.02 Å². The number of halogens is 1. The Morgan fingerprint density at radius 1 is 1.25 bits per heavy atom. The lowest BCUT2D eigenvalue weighted by molar-refractivity contribution is -0.385. The Kier molecular flexibility index (Phi) is 4.00. The maximum absolute atomic E-state index is 12.0. The van der Waals surface area contributed by atoms with Gasteiger partial charge in [0.05, 0.1) is 4.92 Å². The Labute approximate surface area is 119 Å². The van der Waals surface area contributed by atoms with Gasteiger partial charge in [0.25, 0.3) is 5.69 Å². The normalized spacial score (nSPS) is 10.1. The highest BCUT2D eigenvalue weighted by atomic mass is 35.5. The van der Waals surface area contributed by atoms with Crippen LogP contribution in [0.1, 0.15) is 15.9 Å². The summed E-state index contributed by atoms with van der Waals surface area (Å²) in [5.74, 6) is -0.555. The molecule has 0 bridgehead atoms. The monoisotopic (exact) mass is 291 g/mol. The van der Waals surface area contributed by atoms with Gasteiger partial charge in [-0.2, -0.15) is 0 Å². The Morgan fingerprint density at radius 3 is 2.60 bits per heavy atom. The van der Waals surface area contributed by atoms with Crippen LogP contribution < -0.4 is 4.74 Å². The molecule has 0 aromatic heterocycles. The SMILES string of the molecule is Cc1ccc(OC(=O)c2ccccc2[N+](=O)[O-])cc1Cl. The summed E-state index contributed by atoms with van der Waals surface area (Å²) in [6, 6.07) is 10.4. The third-order valence-electron chi connectivity index (χ3n) is 2.67. The van der Waals surface area contributed by atoms with Gasteiger partial charge in [-0.3, -0.25) is 10.1 Å². The van der Waals surface area contributed by atoms with Gasteiger partial charge in [-0.25, -0.2) is 4.79 Å². The van der Waals surface area contributed by atoms with Gasteiger partial charge in [0, 0.05) is 11.1 Å². The second-order valence-electron chi connectivity index (χ2n) is 4.07. The van der Waals surface area contributed by atoms with E-state index in [4.69, 9.17) is 16.3 Å². The van der Waals surface area contributed by atoms with Crippen molar-refractivity contribution in [3.8, 4) is 5.75 Å². The molecule has 0 unspecified atom stereocenters. The zero-order valence-corrected chi connectivity index (χ0v) is 11.3. The van der Waals surface area contributed by atoms with Crippen LogP contribution in [0.3, 0.4) is 0 Å². The molecule has 102 valence electrons. The number of benzene rings is 2. The van der Waals surface area contributed by atoms with E-state index in [1.165, 1.54) is 30.3 Å². The van der Waals surface area contributed by atoms with Crippen molar-refractivity contribution in [2.75, 3.05) is 0 Å². The molecule has 5 nitrogen and oxygen atoms in total. The molecule has 20 heavy (non-hydrogen) atoms. The smallest absolute Gasteiger partial charge is 0.350 e. The number of nitro benzene ring substituents is 1. The molecule has 2 rings (SSSR count). The Bertz CT molecular complexity index is 685. The highest BCUT2D eigenvalue weighted by Gasteiger charge is 2.21. The van der Waals surface area contributed by atoms with E-state index in [0.717, 1.165) is 5.56 Å². The first-order valence-electron chi connectivity index (χ1n) is 5.71. The van der Waals surface area contributed by atoms with E-state index < -0.39 is 10.9 Å². The summed E-state index contributed by atoms with van der Waals surface area (Å²) in [5.41, 5.74) is 0.446. The number of hydrogen-bond donors (Lipinski definition) is 0. The van der Waals surface area contributed by atoms with Gasteiger partial charge in [0.2, 0.25) is 0 Å². The number of hydrogen-bond acceptors (Lipinski definition) is 4. The van der Waals surface area contributed by atoms with E-state index in [1.807, 2.05) is 6.92 Å². The standard InChI is InChI=1S/C14H10ClNO4/c1-9-6-7-10(8-12(9)15)20-14(17)11-4-2-3-5-13(11)16(18)19/h2-8H,1H3. The molecule has 0 N–H and O–H groups in total. The summed E-state index contributed by atoms with van der Waals surface area (Å²) in [6.45, 7) is 1.82. The molecule has 0 aliphatic heterocycles. The fraction of sp³-hybridized carbons (Fsp3) is 0.0714. The lowest BCUT2D eigenvalue weighted by atomic mass is 10.2. The molecule has 0 fully saturated rings. The molecular weight excluding hydrogens is 282 g/mol. The third kappa shape index (κ3) is 2.95. The van der Waals surface area contributed by atoms with E-state index in [9.17, 15) is 14.9 Å². The van der Waals surface area contributed by atoms with Crippen molar-refractivity contribution in [3.05, 3.63) is 68.7 Å². The zero-order valence-electron chi connectivity index (χ0n) is 10.5. The highest BCUT2D eigenvalue weighted by Crippen LogP contribution is 2.24. The van der Waals surface area contributed by atoms with Crippen LogP contribution in [-0.4, -0.2) is 10.9 Å². The van der Waals surface area contributed by atoms with Gasteiger partial charge < -0.3 is 4.74 Å². The Balaban J connectivity index is 2.28. The molecule has 0 radical (unpaired) electrons. The molecule has 0 atom stereocenters. The third-order valence-corrected chi connectivity index (χ3v) is 3.08. The first kappa shape index (κ1) is 14.0. The largest absolute Gasteiger partial charge is 0.423 e. The van der Waals surface area contributed by atoms with Crippen molar-refractivity contribution in [3.63, 3.8) is 0 Å². The number of aryl methyl sites for hydroxylation is 1. The molecule has 0 aliphatic carbocycles. The summed E-state index contributed by atoms with van der Waals surface area (Å²) >= 11 is 5.93. The van der Waals surface area contributed by atoms with Crippen LogP contribution in [-0.2, 0) is 0 Å². The molecule has 2 aromatic carbocycles. The van der Waals surface area contributed by atoms with Crippen LogP contribution >= 0.6 is 11.6 Å². The van der Waals surface area contributed by atoms with Crippen molar-refractivity contribution in [1.29, 1.82) is 0 Å². The molecule has 0 amide bonds. The van der Waals surface area contributed by atoms with Gasteiger partial charge in [0.1, 0.15) is 11.3 Å².